The van der Waals surface area contributed by atoms with Gasteiger partial charge in [0.05, 0.1) is 12.8 Å². The van der Waals surface area contributed by atoms with Crippen molar-refractivity contribution in [3.8, 4) is 5.75 Å². The molecule has 0 saturated carbocycles. The molecule has 0 unspecified atom stereocenters. The van der Waals surface area contributed by atoms with Crippen LogP contribution in [0.2, 0.25) is 5.02 Å². The van der Waals surface area contributed by atoms with Gasteiger partial charge in [-0.1, -0.05) is 29.8 Å². The molecule has 0 aromatic heterocycles. The van der Waals surface area contributed by atoms with Gasteiger partial charge >= 0.3 is 0 Å². The minimum Gasteiger partial charge on any atom is -0.497 e. The molecule has 0 aliphatic carbocycles. The molecule has 86 valence electrons. The SMILES string of the molecule is COc1ccc(/N=C/c2ccccc2Cl)cc1. The molecule has 0 saturated heterocycles. The maximum absolute atomic E-state index is 6.03. The molecule has 2 nitrogen and oxygen atoms in total. The van der Waals surface area contributed by atoms with Crippen molar-refractivity contribution in [3.63, 3.8) is 0 Å². The molecule has 2 aromatic rings. The Morgan fingerprint density at radius 2 is 1.76 bits per heavy atom. The van der Waals surface area contributed by atoms with Crippen LogP contribution in [-0.4, -0.2) is 13.3 Å². The number of rotatable bonds is 3. The molecule has 2 rings (SSSR count). The Kier molecular flexibility index (Phi) is 3.78. The van der Waals surface area contributed by atoms with E-state index in [0.717, 1.165) is 17.0 Å². The number of aliphatic imine (C=N–C) groups is 1. The van der Waals surface area contributed by atoms with Crippen LogP contribution in [0.4, 0.5) is 5.69 Å². The molecule has 0 N–H and O–H groups in total. The second kappa shape index (κ2) is 5.51. The molecular weight excluding hydrogens is 234 g/mol. The van der Waals surface area contributed by atoms with E-state index in [1.165, 1.54) is 0 Å². The Morgan fingerprint density at radius 3 is 2.41 bits per heavy atom. The minimum absolute atomic E-state index is 0.699. The van der Waals surface area contributed by atoms with Gasteiger partial charge in [-0.05, 0) is 30.3 Å². The number of nitrogens with zero attached hydrogens (tertiary/aromatic N) is 1. The monoisotopic (exact) mass is 245 g/mol. The van der Waals surface area contributed by atoms with E-state index in [2.05, 4.69) is 4.99 Å². The van der Waals surface area contributed by atoms with Gasteiger partial charge in [-0.15, -0.1) is 0 Å². The van der Waals surface area contributed by atoms with Crippen molar-refractivity contribution in [2.24, 2.45) is 4.99 Å². The topological polar surface area (TPSA) is 21.6 Å². The predicted octanol–water partition coefficient (Wildman–Crippen LogP) is 4.10. The number of hydrogen-bond donors (Lipinski definition) is 0. The first-order valence-electron chi connectivity index (χ1n) is 5.22. The van der Waals surface area contributed by atoms with Crippen LogP contribution in [0.5, 0.6) is 5.75 Å². The lowest BCUT2D eigenvalue weighted by atomic mass is 10.2. The maximum Gasteiger partial charge on any atom is 0.119 e. The molecule has 0 fully saturated rings. The van der Waals surface area contributed by atoms with Crippen molar-refractivity contribution >= 4 is 23.5 Å². The van der Waals surface area contributed by atoms with Crippen LogP contribution in [0, 0.1) is 0 Å². The van der Waals surface area contributed by atoms with Crippen LogP contribution in [0.25, 0.3) is 0 Å². The highest BCUT2D eigenvalue weighted by Crippen LogP contribution is 2.18. The van der Waals surface area contributed by atoms with Gasteiger partial charge in [0.1, 0.15) is 5.75 Å². The quantitative estimate of drug-likeness (QED) is 0.746. The van der Waals surface area contributed by atoms with E-state index in [1.807, 2.05) is 48.5 Å². The summed E-state index contributed by atoms with van der Waals surface area (Å²) in [7, 11) is 1.64. The van der Waals surface area contributed by atoms with Gasteiger partial charge in [0, 0.05) is 16.8 Å². The maximum atomic E-state index is 6.03. The third kappa shape index (κ3) is 3.08. The van der Waals surface area contributed by atoms with Crippen molar-refractivity contribution in [2.75, 3.05) is 7.11 Å². The molecule has 0 aliphatic heterocycles. The molecule has 0 spiro atoms. The number of hydrogen-bond acceptors (Lipinski definition) is 2. The Balaban J connectivity index is 2.17. The zero-order valence-corrected chi connectivity index (χ0v) is 10.2. The lowest BCUT2D eigenvalue weighted by molar-refractivity contribution is 0.415. The number of halogens is 1. The predicted molar refractivity (Wildman–Crippen MR) is 71.7 cm³/mol. The minimum atomic E-state index is 0.699. The summed E-state index contributed by atoms with van der Waals surface area (Å²) in [6, 6.07) is 15.1. The number of benzene rings is 2. The number of methoxy groups -OCH3 is 1. The van der Waals surface area contributed by atoms with Gasteiger partial charge in [0.25, 0.3) is 0 Å². The first kappa shape index (κ1) is 11.7. The molecule has 0 bridgehead atoms. The summed E-state index contributed by atoms with van der Waals surface area (Å²) >= 11 is 6.03. The summed E-state index contributed by atoms with van der Waals surface area (Å²) in [5.74, 6) is 0.821. The fraction of sp³-hybridized carbons (Fsp3) is 0.0714. The molecule has 0 amide bonds. The zero-order chi connectivity index (χ0) is 12.1. The second-order valence-corrected chi connectivity index (χ2v) is 3.88. The molecule has 0 atom stereocenters. The van der Waals surface area contributed by atoms with Gasteiger partial charge in [0.15, 0.2) is 0 Å². The lowest BCUT2D eigenvalue weighted by Gasteiger charge is -1.99. The molecule has 3 heteroatoms. The van der Waals surface area contributed by atoms with Gasteiger partial charge in [0.2, 0.25) is 0 Å². The Morgan fingerprint density at radius 1 is 1.06 bits per heavy atom. The molecular formula is C14H12ClNO. The van der Waals surface area contributed by atoms with Crippen LogP contribution in [-0.2, 0) is 0 Å². The van der Waals surface area contributed by atoms with Crippen molar-refractivity contribution in [1.29, 1.82) is 0 Å². The van der Waals surface area contributed by atoms with E-state index in [4.69, 9.17) is 16.3 Å². The first-order valence-corrected chi connectivity index (χ1v) is 5.60. The van der Waals surface area contributed by atoms with E-state index >= 15 is 0 Å². The van der Waals surface area contributed by atoms with Gasteiger partial charge < -0.3 is 4.74 Å². The molecule has 2 aromatic carbocycles. The van der Waals surface area contributed by atoms with Crippen molar-refractivity contribution in [1.82, 2.24) is 0 Å². The van der Waals surface area contributed by atoms with Gasteiger partial charge in [-0.25, -0.2) is 0 Å². The summed E-state index contributed by atoms with van der Waals surface area (Å²) < 4.78 is 5.08. The summed E-state index contributed by atoms with van der Waals surface area (Å²) in [6.07, 6.45) is 1.75. The second-order valence-electron chi connectivity index (χ2n) is 3.48. The van der Waals surface area contributed by atoms with Crippen LogP contribution in [0.15, 0.2) is 53.5 Å². The highest BCUT2D eigenvalue weighted by Gasteiger charge is 1.95. The average Bonchev–Trinajstić information content (AvgIpc) is 2.38. The molecule has 17 heavy (non-hydrogen) atoms. The van der Waals surface area contributed by atoms with Gasteiger partial charge in [-0.2, -0.15) is 0 Å². The van der Waals surface area contributed by atoms with Gasteiger partial charge in [-0.3, -0.25) is 4.99 Å². The van der Waals surface area contributed by atoms with Crippen LogP contribution >= 0.6 is 11.6 Å². The normalized spacial score (nSPS) is 10.7. The third-order valence-electron chi connectivity index (χ3n) is 2.33. The molecule has 0 heterocycles. The lowest BCUT2D eigenvalue weighted by Crippen LogP contribution is -1.82. The summed E-state index contributed by atoms with van der Waals surface area (Å²) in [4.78, 5) is 4.35. The number of ether oxygens (including phenoxy) is 1. The average molecular weight is 246 g/mol. The smallest absolute Gasteiger partial charge is 0.119 e. The molecule has 0 aliphatic rings. The Hall–Kier alpha value is -1.80. The molecule has 0 radical (unpaired) electrons. The standard InChI is InChI=1S/C14H12ClNO/c1-17-13-8-6-12(7-9-13)16-10-11-4-2-3-5-14(11)15/h2-10H,1H3/b16-10+. The summed E-state index contributed by atoms with van der Waals surface area (Å²) in [6.45, 7) is 0. The van der Waals surface area contributed by atoms with Crippen LogP contribution < -0.4 is 4.74 Å². The van der Waals surface area contributed by atoms with Crippen LogP contribution in [0.3, 0.4) is 0 Å². The highest BCUT2D eigenvalue weighted by atomic mass is 35.5. The zero-order valence-electron chi connectivity index (χ0n) is 9.43. The van der Waals surface area contributed by atoms with Crippen molar-refractivity contribution < 1.29 is 4.74 Å². The van der Waals surface area contributed by atoms with E-state index in [1.54, 1.807) is 13.3 Å². The highest BCUT2D eigenvalue weighted by molar-refractivity contribution is 6.33. The van der Waals surface area contributed by atoms with Crippen LogP contribution in [0.1, 0.15) is 5.56 Å². The van der Waals surface area contributed by atoms with E-state index < -0.39 is 0 Å². The van der Waals surface area contributed by atoms with E-state index in [-0.39, 0.29) is 0 Å². The first-order chi connectivity index (χ1) is 8.29. The fourth-order valence-corrected chi connectivity index (χ4v) is 1.58. The van der Waals surface area contributed by atoms with Crippen molar-refractivity contribution in [3.05, 3.63) is 59.1 Å². The Labute approximate surface area is 106 Å². The van der Waals surface area contributed by atoms with E-state index in [9.17, 15) is 0 Å². The summed E-state index contributed by atoms with van der Waals surface area (Å²) in [5, 5.41) is 0.699. The largest absolute Gasteiger partial charge is 0.497 e. The van der Waals surface area contributed by atoms with Crippen molar-refractivity contribution in [2.45, 2.75) is 0 Å². The summed E-state index contributed by atoms with van der Waals surface area (Å²) in [5.41, 5.74) is 1.77. The fourth-order valence-electron chi connectivity index (χ4n) is 1.39. The van der Waals surface area contributed by atoms with E-state index in [0.29, 0.717) is 5.02 Å². The third-order valence-corrected chi connectivity index (χ3v) is 2.67. The Bertz CT molecular complexity index is 520.